The van der Waals surface area contributed by atoms with Crippen LogP contribution in [0.3, 0.4) is 0 Å². The van der Waals surface area contributed by atoms with E-state index in [9.17, 15) is 0 Å². The SMILES string of the molecule is Cc1ccc(-c2nc(CN3CCOC(CO)C3)no2)cc1. The highest BCUT2D eigenvalue weighted by molar-refractivity contribution is 5.53. The zero-order valence-corrected chi connectivity index (χ0v) is 12.0. The third-order valence-electron chi connectivity index (χ3n) is 3.56. The third-order valence-corrected chi connectivity index (χ3v) is 3.56. The summed E-state index contributed by atoms with van der Waals surface area (Å²) in [4.78, 5) is 6.59. The lowest BCUT2D eigenvalue weighted by Gasteiger charge is -2.30. The van der Waals surface area contributed by atoms with Crippen molar-refractivity contribution in [2.45, 2.75) is 19.6 Å². The van der Waals surface area contributed by atoms with E-state index in [-0.39, 0.29) is 12.7 Å². The standard InChI is InChI=1S/C15H19N3O3/c1-11-2-4-12(5-3-11)15-16-14(17-21-15)9-18-6-7-20-13(8-18)10-19/h2-5,13,19H,6-10H2,1H3. The molecule has 6 nitrogen and oxygen atoms in total. The van der Waals surface area contributed by atoms with Crippen LogP contribution in [-0.4, -0.2) is 52.6 Å². The Labute approximate surface area is 123 Å². The van der Waals surface area contributed by atoms with Crippen LogP contribution in [0.2, 0.25) is 0 Å². The molecule has 21 heavy (non-hydrogen) atoms. The van der Waals surface area contributed by atoms with Crippen molar-refractivity contribution in [2.24, 2.45) is 0 Å². The van der Waals surface area contributed by atoms with Gasteiger partial charge in [-0.2, -0.15) is 4.98 Å². The van der Waals surface area contributed by atoms with Gasteiger partial charge in [0.1, 0.15) is 0 Å². The molecule has 0 spiro atoms. The van der Waals surface area contributed by atoms with E-state index >= 15 is 0 Å². The van der Waals surface area contributed by atoms with Crippen LogP contribution in [0.4, 0.5) is 0 Å². The lowest BCUT2D eigenvalue weighted by Crippen LogP contribution is -2.43. The van der Waals surface area contributed by atoms with Gasteiger partial charge in [-0.1, -0.05) is 22.9 Å². The van der Waals surface area contributed by atoms with Crippen molar-refractivity contribution >= 4 is 0 Å². The minimum atomic E-state index is -0.123. The van der Waals surface area contributed by atoms with E-state index in [0.717, 1.165) is 12.1 Å². The first-order valence-corrected chi connectivity index (χ1v) is 7.09. The van der Waals surface area contributed by atoms with Crippen molar-refractivity contribution < 1.29 is 14.4 Å². The largest absolute Gasteiger partial charge is 0.394 e. The van der Waals surface area contributed by atoms with E-state index in [4.69, 9.17) is 14.4 Å². The first kappa shape index (κ1) is 14.2. The molecule has 2 heterocycles. The maximum absolute atomic E-state index is 9.15. The monoisotopic (exact) mass is 289 g/mol. The molecule has 112 valence electrons. The molecule has 1 aromatic carbocycles. The third kappa shape index (κ3) is 3.47. The molecular weight excluding hydrogens is 270 g/mol. The number of rotatable bonds is 4. The number of aliphatic hydroxyl groups is 1. The molecule has 0 saturated carbocycles. The highest BCUT2D eigenvalue weighted by atomic mass is 16.5. The predicted octanol–water partition coefficient (Wildman–Crippen LogP) is 1.24. The van der Waals surface area contributed by atoms with Gasteiger partial charge in [0.25, 0.3) is 5.89 Å². The van der Waals surface area contributed by atoms with Gasteiger partial charge in [0.05, 0.1) is 25.9 Å². The summed E-state index contributed by atoms with van der Waals surface area (Å²) >= 11 is 0. The number of aromatic nitrogens is 2. The fourth-order valence-electron chi connectivity index (χ4n) is 2.37. The zero-order valence-electron chi connectivity index (χ0n) is 12.0. The Morgan fingerprint density at radius 1 is 1.33 bits per heavy atom. The number of ether oxygens (including phenoxy) is 1. The van der Waals surface area contributed by atoms with E-state index in [0.29, 0.717) is 31.4 Å². The molecule has 1 aliphatic heterocycles. The highest BCUT2D eigenvalue weighted by Gasteiger charge is 2.21. The fourth-order valence-corrected chi connectivity index (χ4v) is 2.37. The van der Waals surface area contributed by atoms with Crippen molar-refractivity contribution in [3.8, 4) is 11.5 Å². The second-order valence-corrected chi connectivity index (χ2v) is 5.29. The van der Waals surface area contributed by atoms with Crippen molar-refractivity contribution in [3.05, 3.63) is 35.7 Å². The smallest absolute Gasteiger partial charge is 0.257 e. The molecule has 3 rings (SSSR count). The number of nitrogens with zero attached hydrogens (tertiary/aromatic N) is 3. The number of hydrogen-bond donors (Lipinski definition) is 1. The Morgan fingerprint density at radius 2 is 2.14 bits per heavy atom. The molecule has 1 aromatic heterocycles. The van der Waals surface area contributed by atoms with Gasteiger partial charge in [0, 0.05) is 18.7 Å². The number of hydrogen-bond acceptors (Lipinski definition) is 6. The van der Waals surface area contributed by atoms with E-state index in [1.165, 1.54) is 5.56 Å². The second-order valence-electron chi connectivity index (χ2n) is 5.29. The summed E-state index contributed by atoms with van der Waals surface area (Å²) in [6.45, 7) is 4.80. The molecule has 1 N–H and O–H groups in total. The van der Waals surface area contributed by atoms with Crippen molar-refractivity contribution in [1.29, 1.82) is 0 Å². The first-order chi connectivity index (χ1) is 10.2. The minimum Gasteiger partial charge on any atom is -0.394 e. The summed E-state index contributed by atoms with van der Waals surface area (Å²) in [5.74, 6) is 1.20. The maximum Gasteiger partial charge on any atom is 0.257 e. The fraction of sp³-hybridized carbons (Fsp3) is 0.467. The van der Waals surface area contributed by atoms with Gasteiger partial charge in [-0.25, -0.2) is 0 Å². The topological polar surface area (TPSA) is 71.6 Å². The average Bonchev–Trinajstić information content (AvgIpc) is 2.96. The van der Waals surface area contributed by atoms with Crippen LogP contribution in [0.1, 0.15) is 11.4 Å². The second kappa shape index (κ2) is 6.34. The molecule has 2 aromatic rings. The van der Waals surface area contributed by atoms with Gasteiger partial charge in [-0.05, 0) is 19.1 Å². The van der Waals surface area contributed by atoms with E-state index < -0.39 is 0 Å². The zero-order chi connectivity index (χ0) is 14.7. The Bertz CT molecular complexity index is 582. The number of aryl methyl sites for hydroxylation is 1. The summed E-state index contributed by atoms with van der Waals surface area (Å²) in [5.41, 5.74) is 2.12. The summed E-state index contributed by atoms with van der Waals surface area (Å²) < 4.78 is 10.7. The van der Waals surface area contributed by atoms with Crippen LogP contribution in [-0.2, 0) is 11.3 Å². The normalized spacial score (nSPS) is 19.8. The van der Waals surface area contributed by atoms with E-state index in [1.54, 1.807) is 0 Å². The van der Waals surface area contributed by atoms with Gasteiger partial charge in [0.2, 0.25) is 0 Å². The molecule has 0 aliphatic carbocycles. The summed E-state index contributed by atoms with van der Waals surface area (Å²) in [7, 11) is 0. The summed E-state index contributed by atoms with van der Waals surface area (Å²) in [6, 6.07) is 7.99. The van der Waals surface area contributed by atoms with E-state index in [1.807, 2.05) is 31.2 Å². The molecule has 1 aliphatic rings. The average molecular weight is 289 g/mol. The summed E-state index contributed by atoms with van der Waals surface area (Å²) in [6.07, 6.45) is -0.123. The first-order valence-electron chi connectivity index (χ1n) is 7.09. The van der Waals surface area contributed by atoms with Crippen molar-refractivity contribution in [2.75, 3.05) is 26.3 Å². The summed E-state index contributed by atoms with van der Waals surface area (Å²) in [5, 5.41) is 13.2. The van der Waals surface area contributed by atoms with Gasteiger partial charge in [-0.3, -0.25) is 4.90 Å². The Kier molecular flexibility index (Phi) is 4.28. The number of morpholine rings is 1. The molecule has 0 radical (unpaired) electrons. The molecule has 1 saturated heterocycles. The molecule has 1 unspecified atom stereocenters. The molecular formula is C15H19N3O3. The van der Waals surface area contributed by atoms with Gasteiger partial charge < -0.3 is 14.4 Å². The Hall–Kier alpha value is -1.76. The maximum atomic E-state index is 9.15. The molecule has 1 atom stereocenters. The molecule has 6 heteroatoms. The van der Waals surface area contributed by atoms with Crippen LogP contribution >= 0.6 is 0 Å². The van der Waals surface area contributed by atoms with Crippen molar-refractivity contribution in [3.63, 3.8) is 0 Å². The van der Waals surface area contributed by atoms with Crippen LogP contribution in [0.15, 0.2) is 28.8 Å². The lowest BCUT2D eigenvalue weighted by molar-refractivity contribution is -0.0558. The van der Waals surface area contributed by atoms with Crippen molar-refractivity contribution in [1.82, 2.24) is 15.0 Å². The predicted molar refractivity (Wildman–Crippen MR) is 76.6 cm³/mol. The van der Waals surface area contributed by atoms with Crippen LogP contribution in [0.25, 0.3) is 11.5 Å². The highest BCUT2D eigenvalue weighted by Crippen LogP contribution is 2.18. The molecule has 0 amide bonds. The molecule has 0 bridgehead atoms. The van der Waals surface area contributed by atoms with Crippen LogP contribution < -0.4 is 0 Å². The minimum absolute atomic E-state index is 0.0390. The van der Waals surface area contributed by atoms with Crippen LogP contribution in [0, 0.1) is 6.92 Å². The number of aliphatic hydroxyl groups excluding tert-OH is 1. The molecule has 1 fully saturated rings. The van der Waals surface area contributed by atoms with Gasteiger partial charge >= 0.3 is 0 Å². The Morgan fingerprint density at radius 3 is 2.90 bits per heavy atom. The lowest BCUT2D eigenvalue weighted by atomic mass is 10.1. The van der Waals surface area contributed by atoms with Crippen LogP contribution in [0.5, 0.6) is 0 Å². The van der Waals surface area contributed by atoms with Gasteiger partial charge in [0.15, 0.2) is 5.82 Å². The number of benzene rings is 1. The quantitative estimate of drug-likeness (QED) is 0.913. The Balaban J connectivity index is 1.66. The van der Waals surface area contributed by atoms with E-state index in [2.05, 4.69) is 15.0 Å². The van der Waals surface area contributed by atoms with Gasteiger partial charge in [-0.15, -0.1) is 0 Å².